The predicted molar refractivity (Wildman–Crippen MR) is 94.2 cm³/mol. The number of methoxy groups -OCH3 is 1. The van der Waals surface area contributed by atoms with Gasteiger partial charge in [0.1, 0.15) is 11.6 Å². The molecule has 1 fully saturated rings. The van der Waals surface area contributed by atoms with Crippen molar-refractivity contribution in [1.29, 1.82) is 0 Å². The van der Waals surface area contributed by atoms with E-state index >= 15 is 0 Å². The lowest BCUT2D eigenvalue weighted by Gasteiger charge is -2.32. The van der Waals surface area contributed by atoms with Crippen LogP contribution in [-0.4, -0.2) is 39.5 Å². The number of nitrogens with two attached hydrogens (primary N) is 1. The average molecular weight is 328 g/mol. The van der Waals surface area contributed by atoms with Gasteiger partial charge in [-0.15, -0.1) is 0 Å². The van der Waals surface area contributed by atoms with Crippen molar-refractivity contribution in [2.45, 2.75) is 38.8 Å². The highest BCUT2D eigenvalue weighted by atomic mass is 16.5. The Bertz CT molecular complexity index is 675. The number of anilines is 3. The molecule has 3 rings (SSSR count). The molecule has 0 aliphatic carbocycles. The van der Waals surface area contributed by atoms with Gasteiger partial charge in [-0.05, 0) is 50.6 Å². The third-order valence-corrected chi connectivity index (χ3v) is 4.33. The minimum Gasteiger partial charge on any atom is -0.497 e. The van der Waals surface area contributed by atoms with Crippen LogP contribution in [0.2, 0.25) is 0 Å². The summed E-state index contributed by atoms with van der Waals surface area (Å²) in [4.78, 5) is 15.4. The zero-order chi connectivity index (χ0) is 16.9. The number of likely N-dealkylation sites (tertiary alicyclic amines) is 1. The number of rotatable bonds is 5. The van der Waals surface area contributed by atoms with E-state index < -0.39 is 0 Å². The highest BCUT2D eigenvalue weighted by molar-refractivity contribution is 5.55. The molecule has 7 heteroatoms. The topological polar surface area (TPSA) is 89.2 Å². The van der Waals surface area contributed by atoms with Crippen LogP contribution in [0.4, 0.5) is 17.6 Å². The van der Waals surface area contributed by atoms with Crippen molar-refractivity contribution in [3.8, 4) is 5.75 Å². The zero-order valence-corrected chi connectivity index (χ0v) is 14.2. The molecule has 0 bridgehead atoms. The van der Waals surface area contributed by atoms with E-state index in [9.17, 15) is 0 Å². The minimum absolute atomic E-state index is 0.237. The van der Waals surface area contributed by atoms with Crippen LogP contribution in [0.15, 0.2) is 24.3 Å². The second-order valence-electron chi connectivity index (χ2n) is 6.10. The van der Waals surface area contributed by atoms with Crippen LogP contribution in [0.3, 0.4) is 0 Å². The van der Waals surface area contributed by atoms with Crippen LogP contribution in [0.25, 0.3) is 0 Å². The molecule has 2 aromatic rings. The van der Waals surface area contributed by atoms with Gasteiger partial charge in [0.15, 0.2) is 0 Å². The molecule has 1 saturated heterocycles. The number of piperidine rings is 1. The highest BCUT2D eigenvalue weighted by Gasteiger charge is 2.19. The van der Waals surface area contributed by atoms with Gasteiger partial charge in [-0.1, -0.05) is 6.42 Å². The van der Waals surface area contributed by atoms with Crippen molar-refractivity contribution in [2.75, 3.05) is 24.7 Å². The molecule has 0 amide bonds. The standard InChI is InChI=1S/C17H24N6O/c1-12-5-3-4-10-23(12)11-15-20-16(18)22-17(21-15)19-13-6-8-14(24-2)9-7-13/h6-9,12H,3-5,10-11H2,1-2H3,(H3,18,19,20,21,22)/t12-/m0/s1. The molecule has 0 spiro atoms. The van der Waals surface area contributed by atoms with Gasteiger partial charge in [0, 0.05) is 11.7 Å². The second-order valence-corrected chi connectivity index (χ2v) is 6.10. The molecular formula is C17H24N6O. The van der Waals surface area contributed by atoms with Gasteiger partial charge < -0.3 is 15.8 Å². The van der Waals surface area contributed by atoms with E-state index in [0.29, 0.717) is 24.4 Å². The molecule has 1 aromatic carbocycles. The van der Waals surface area contributed by atoms with Gasteiger partial charge in [-0.25, -0.2) is 0 Å². The second kappa shape index (κ2) is 7.44. The number of nitrogens with one attached hydrogen (secondary N) is 1. The number of ether oxygens (including phenoxy) is 1. The van der Waals surface area contributed by atoms with Crippen LogP contribution < -0.4 is 15.8 Å². The molecule has 0 unspecified atom stereocenters. The Kier molecular flexibility index (Phi) is 5.10. The minimum atomic E-state index is 0.237. The molecule has 24 heavy (non-hydrogen) atoms. The molecule has 1 aliphatic heterocycles. The summed E-state index contributed by atoms with van der Waals surface area (Å²) in [5, 5.41) is 3.17. The Morgan fingerprint density at radius 1 is 1.21 bits per heavy atom. The first kappa shape index (κ1) is 16.4. The SMILES string of the molecule is COc1ccc(Nc2nc(N)nc(CN3CCCC[C@@H]3C)n2)cc1. The van der Waals surface area contributed by atoms with Crippen molar-refractivity contribution in [1.82, 2.24) is 19.9 Å². The largest absolute Gasteiger partial charge is 0.497 e. The summed E-state index contributed by atoms with van der Waals surface area (Å²) in [5.41, 5.74) is 6.73. The van der Waals surface area contributed by atoms with Crippen LogP contribution in [0.5, 0.6) is 5.75 Å². The van der Waals surface area contributed by atoms with Crippen molar-refractivity contribution in [3.05, 3.63) is 30.1 Å². The molecular weight excluding hydrogens is 304 g/mol. The Labute approximate surface area is 142 Å². The summed E-state index contributed by atoms with van der Waals surface area (Å²) in [7, 11) is 1.64. The summed E-state index contributed by atoms with van der Waals surface area (Å²) < 4.78 is 5.16. The summed E-state index contributed by atoms with van der Waals surface area (Å²) in [6, 6.07) is 8.12. The van der Waals surface area contributed by atoms with Crippen LogP contribution >= 0.6 is 0 Å². The van der Waals surface area contributed by atoms with E-state index in [1.807, 2.05) is 24.3 Å². The fraction of sp³-hybridized carbons (Fsp3) is 0.471. The van der Waals surface area contributed by atoms with Gasteiger partial charge in [0.25, 0.3) is 0 Å². The smallest absolute Gasteiger partial charge is 0.232 e. The van der Waals surface area contributed by atoms with Gasteiger partial charge in [-0.3, -0.25) is 4.90 Å². The van der Waals surface area contributed by atoms with Crippen molar-refractivity contribution in [3.63, 3.8) is 0 Å². The fourth-order valence-corrected chi connectivity index (χ4v) is 2.94. The van der Waals surface area contributed by atoms with Crippen LogP contribution in [-0.2, 0) is 6.54 Å². The van der Waals surface area contributed by atoms with E-state index in [-0.39, 0.29) is 5.95 Å². The molecule has 0 saturated carbocycles. The predicted octanol–water partition coefficient (Wildman–Crippen LogP) is 2.58. The normalized spacial score (nSPS) is 18.3. The summed E-state index contributed by atoms with van der Waals surface area (Å²) >= 11 is 0. The number of benzene rings is 1. The lowest BCUT2D eigenvalue weighted by molar-refractivity contribution is 0.149. The Hall–Kier alpha value is -2.41. The summed E-state index contributed by atoms with van der Waals surface area (Å²) in [5.74, 6) is 2.20. The molecule has 2 heterocycles. The van der Waals surface area contributed by atoms with Gasteiger partial charge >= 0.3 is 0 Å². The number of nitrogen functional groups attached to an aromatic ring is 1. The first-order valence-electron chi connectivity index (χ1n) is 8.29. The van der Waals surface area contributed by atoms with E-state index in [4.69, 9.17) is 10.5 Å². The number of aromatic nitrogens is 3. The molecule has 0 radical (unpaired) electrons. The Morgan fingerprint density at radius 2 is 2.00 bits per heavy atom. The maximum Gasteiger partial charge on any atom is 0.232 e. The van der Waals surface area contributed by atoms with Gasteiger partial charge in [-0.2, -0.15) is 15.0 Å². The van der Waals surface area contributed by atoms with Crippen molar-refractivity contribution < 1.29 is 4.74 Å². The molecule has 1 atom stereocenters. The zero-order valence-electron chi connectivity index (χ0n) is 14.2. The average Bonchev–Trinajstić information content (AvgIpc) is 2.57. The third-order valence-electron chi connectivity index (χ3n) is 4.33. The van der Waals surface area contributed by atoms with Crippen LogP contribution in [0, 0.1) is 0 Å². The third kappa shape index (κ3) is 4.11. The van der Waals surface area contributed by atoms with Gasteiger partial charge in [0.05, 0.1) is 13.7 Å². The summed E-state index contributed by atoms with van der Waals surface area (Å²) in [6.45, 7) is 4.03. The molecule has 1 aromatic heterocycles. The molecule has 1 aliphatic rings. The van der Waals surface area contributed by atoms with E-state index in [1.165, 1.54) is 19.3 Å². The first-order chi connectivity index (χ1) is 11.6. The van der Waals surface area contributed by atoms with E-state index in [2.05, 4.69) is 32.1 Å². The maximum atomic E-state index is 5.86. The van der Waals surface area contributed by atoms with E-state index in [0.717, 1.165) is 18.0 Å². The first-order valence-corrected chi connectivity index (χ1v) is 8.29. The molecule has 3 N–H and O–H groups in total. The quantitative estimate of drug-likeness (QED) is 0.872. The number of hydrogen-bond acceptors (Lipinski definition) is 7. The lowest BCUT2D eigenvalue weighted by atomic mass is 10.0. The maximum absolute atomic E-state index is 5.86. The van der Waals surface area contributed by atoms with Gasteiger partial charge in [0.2, 0.25) is 11.9 Å². The highest BCUT2D eigenvalue weighted by Crippen LogP contribution is 2.20. The number of nitrogens with zero attached hydrogens (tertiary/aromatic N) is 4. The monoisotopic (exact) mass is 328 g/mol. The lowest BCUT2D eigenvalue weighted by Crippen LogP contribution is -2.37. The molecule has 7 nitrogen and oxygen atoms in total. The Balaban J connectivity index is 1.72. The Morgan fingerprint density at radius 3 is 2.71 bits per heavy atom. The van der Waals surface area contributed by atoms with Crippen LogP contribution in [0.1, 0.15) is 32.0 Å². The summed E-state index contributed by atoms with van der Waals surface area (Å²) in [6.07, 6.45) is 3.74. The van der Waals surface area contributed by atoms with E-state index in [1.54, 1.807) is 7.11 Å². The fourth-order valence-electron chi connectivity index (χ4n) is 2.94. The van der Waals surface area contributed by atoms with Crippen molar-refractivity contribution >= 4 is 17.6 Å². The van der Waals surface area contributed by atoms with Crippen molar-refractivity contribution in [2.24, 2.45) is 0 Å². The molecule has 128 valence electrons. The number of hydrogen-bond donors (Lipinski definition) is 2.